The molecule has 0 unspecified atom stereocenters. The zero-order valence-electron chi connectivity index (χ0n) is 9.25. The van der Waals surface area contributed by atoms with Gasteiger partial charge in [0.25, 0.3) is 0 Å². The molecule has 2 rings (SSSR count). The topological polar surface area (TPSA) is 35.2 Å². The van der Waals surface area contributed by atoms with Crippen LogP contribution in [0.5, 0.6) is 5.75 Å². The van der Waals surface area contributed by atoms with Crippen LogP contribution in [0, 0.1) is 0 Å². The molecule has 2 N–H and O–H groups in total. The van der Waals surface area contributed by atoms with Gasteiger partial charge in [0.05, 0.1) is 6.04 Å². The first-order valence-electron chi connectivity index (χ1n) is 5.00. The fourth-order valence-corrected chi connectivity index (χ4v) is 2.27. The number of ether oxygens (including phenoxy) is 1. The average molecular weight is 292 g/mol. The molecule has 0 spiro atoms. The smallest absolute Gasteiger partial charge is 0.387 e. The monoisotopic (exact) mass is 291 g/mol. The molecule has 0 amide bonds. The van der Waals surface area contributed by atoms with E-state index in [9.17, 15) is 8.78 Å². The second-order valence-electron chi connectivity index (χ2n) is 3.44. The van der Waals surface area contributed by atoms with Crippen molar-refractivity contribution in [3.05, 3.63) is 52.2 Å². The normalized spacial score (nSPS) is 12.0. The van der Waals surface area contributed by atoms with Gasteiger partial charge >= 0.3 is 6.61 Å². The molecule has 0 aliphatic heterocycles. The van der Waals surface area contributed by atoms with Gasteiger partial charge in [0.15, 0.2) is 0 Å². The average Bonchev–Trinajstić information content (AvgIpc) is 2.81. The number of alkyl halides is 2. The fraction of sp³-hybridized carbons (Fsp3) is 0.167. The second-order valence-corrected chi connectivity index (χ2v) is 4.42. The molecule has 98 valence electrons. The van der Waals surface area contributed by atoms with Gasteiger partial charge in [-0.2, -0.15) is 8.78 Å². The summed E-state index contributed by atoms with van der Waals surface area (Å²) in [4.78, 5) is 0.985. The Kier molecular flexibility index (Phi) is 5.53. The molecule has 0 saturated carbocycles. The molecule has 0 fully saturated rings. The minimum atomic E-state index is -2.82. The van der Waals surface area contributed by atoms with E-state index in [0.29, 0.717) is 0 Å². The number of hydrogen-bond donors (Lipinski definition) is 1. The van der Waals surface area contributed by atoms with Gasteiger partial charge in [-0.05, 0) is 29.1 Å². The summed E-state index contributed by atoms with van der Waals surface area (Å²) in [7, 11) is 0. The summed E-state index contributed by atoms with van der Waals surface area (Å²) in [5.41, 5.74) is 6.78. The van der Waals surface area contributed by atoms with Crippen molar-refractivity contribution in [3.8, 4) is 5.75 Å². The standard InChI is InChI=1S/C12H11F2NOS.ClH/c13-12(14)16-9-4-1-3-8(7-9)11(15)10-5-2-6-17-10;/h1-7,11-12H,15H2;1H/t11-;/m1./s1. The third kappa shape index (κ3) is 3.66. The van der Waals surface area contributed by atoms with Crippen molar-refractivity contribution < 1.29 is 13.5 Å². The quantitative estimate of drug-likeness (QED) is 0.929. The van der Waals surface area contributed by atoms with E-state index < -0.39 is 6.61 Å². The van der Waals surface area contributed by atoms with Crippen LogP contribution in [0.2, 0.25) is 0 Å². The van der Waals surface area contributed by atoms with Gasteiger partial charge in [-0.25, -0.2) is 0 Å². The summed E-state index contributed by atoms with van der Waals surface area (Å²) in [5, 5.41) is 1.93. The zero-order chi connectivity index (χ0) is 12.3. The molecular weight excluding hydrogens is 280 g/mol. The zero-order valence-corrected chi connectivity index (χ0v) is 10.9. The largest absolute Gasteiger partial charge is 0.435 e. The number of hydrogen-bond acceptors (Lipinski definition) is 3. The first kappa shape index (κ1) is 14.9. The van der Waals surface area contributed by atoms with Crippen LogP contribution >= 0.6 is 23.7 Å². The molecule has 1 aromatic carbocycles. The molecule has 1 heterocycles. The highest BCUT2D eigenvalue weighted by atomic mass is 35.5. The Morgan fingerprint density at radius 1 is 1.17 bits per heavy atom. The summed E-state index contributed by atoms with van der Waals surface area (Å²) in [6.45, 7) is -2.82. The summed E-state index contributed by atoms with van der Waals surface area (Å²) in [6.07, 6.45) is 0. The highest BCUT2D eigenvalue weighted by Crippen LogP contribution is 2.26. The highest BCUT2D eigenvalue weighted by Gasteiger charge is 2.11. The first-order valence-corrected chi connectivity index (χ1v) is 5.88. The van der Waals surface area contributed by atoms with Gasteiger partial charge in [0, 0.05) is 4.88 Å². The van der Waals surface area contributed by atoms with Crippen molar-refractivity contribution in [2.75, 3.05) is 0 Å². The molecule has 18 heavy (non-hydrogen) atoms. The molecule has 1 aromatic heterocycles. The van der Waals surface area contributed by atoms with Crippen molar-refractivity contribution >= 4 is 23.7 Å². The van der Waals surface area contributed by atoms with Crippen molar-refractivity contribution in [2.24, 2.45) is 5.73 Å². The minimum Gasteiger partial charge on any atom is -0.435 e. The summed E-state index contributed by atoms with van der Waals surface area (Å²) in [6, 6.07) is 9.97. The van der Waals surface area contributed by atoms with Gasteiger partial charge in [-0.1, -0.05) is 18.2 Å². The lowest BCUT2D eigenvalue weighted by atomic mass is 10.1. The van der Waals surface area contributed by atoms with Crippen LogP contribution in [0.4, 0.5) is 8.78 Å². The Hall–Kier alpha value is -1.17. The maximum absolute atomic E-state index is 12.1. The molecule has 1 atom stereocenters. The Bertz CT molecular complexity index is 479. The Morgan fingerprint density at radius 3 is 2.56 bits per heavy atom. The second kappa shape index (κ2) is 6.68. The van der Waals surface area contributed by atoms with Crippen LogP contribution in [-0.4, -0.2) is 6.61 Å². The van der Waals surface area contributed by atoms with Crippen LogP contribution in [0.25, 0.3) is 0 Å². The number of halogens is 3. The lowest BCUT2D eigenvalue weighted by Gasteiger charge is -2.12. The van der Waals surface area contributed by atoms with E-state index in [4.69, 9.17) is 5.73 Å². The minimum absolute atomic E-state index is 0. The van der Waals surface area contributed by atoms with Crippen molar-refractivity contribution in [1.82, 2.24) is 0 Å². The predicted molar refractivity (Wildman–Crippen MR) is 70.7 cm³/mol. The van der Waals surface area contributed by atoms with Crippen molar-refractivity contribution in [3.63, 3.8) is 0 Å². The van der Waals surface area contributed by atoms with E-state index in [-0.39, 0.29) is 24.2 Å². The van der Waals surface area contributed by atoms with Gasteiger partial charge < -0.3 is 10.5 Å². The van der Waals surface area contributed by atoms with Gasteiger partial charge in [-0.15, -0.1) is 23.7 Å². The molecule has 0 saturated heterocycles. The Balaban J connectivity index is 0.00000162. The van der Waals surface area contributed by atoms with Crippen molar-refractivity contribution in [1.29, 1.82) is 0 Å². The van der Waals surface area contributed by atoms with E-state index in [2.05, 4.69) is 4.74 Å². The van der Waals surface area contributed by atoms with E-state index in [0.717, 1.165) is 10.4 Å². The van der Waals surface area contributed by atoms with Crippen LogP contribution in [0.1, 0.15) is 16.5 Å². The third-order valence-electron chi connectivity index (χ3n) is 2.29. The van der Waals surface area contributed by atoms with E-state index >= 15 is 0 Å². The third-order valence-corrected chi connectivity index (χ3v) is 3.25. The number of thiophene rings is 1. The number of benzene rings is 1. The molecule has 2 aromatic rings. The van der Waals surface area contributed by atoms with Gasteiger partial charge in [-0.3, -0.25) is 0 Å². The summed E-state index contributed by atoms with van der Waals surface area (Å²) >= 11 is 1.53. The molecular formula is C12H12ClF2NOS. The van der Waals surface area contributed by atoms with Crippen LogP contribution in [0.3, 0.4) is 0 Å². The van der Waals surface area contributed by atoms with Gasteiger partial charge in [0.2, 0.25) is 0 Å². The van der Waals surface area contributed by atoms with Crippen LogP contribution < -0.4 is 10.5 Å². The highest BCUT2D eigenvalue weighted by molar-refractivity contribution is 7.10. The molecule has 0 aliphatic rings. The van der Waals surface area contributed by atoms with E-state index in [1.54, 1.807) is 12.1 Å². The molecule has 2 nitrogen and oxygen atoms in total. The maximum atomic E-state index is 12.1. The molecule has 0 aliphatic carbocycles. The predicted octanol–water partition coefficient (Wildman–Crippen LogP) is 3.82. The Morgan fingerprint density at radius 2 is 1.94 bits per heavy atom. The summed E-state index contributed by atoms with van der Waals surface area (Å²) in [5.74, 6) is 0.129. The number of rotatable bonds is 4. The Labute approximate surface area is 114 Å². The molecule has 0 bridgehead atoms. The van der Waals surface area contributed by atoms with Crippen molar-refractivity contribution in [2.45, 2.75) is 12.7 Å². The van der Waals surface area contributed by atoms with E-state index in [1.165, 1.54) is 23.5 Å². The lowest BCUT2D eigenvalue weighted by molar-refractivity contribution is -0.0498. The molecule has 6 heteroatoms. The number of nitrogens with two attached hydrogens (primary N) is 1. The summed E-state index contributed by atoms with van der Waals surface area (Å²) < 4.78 is 28.5. The molecule has 0 radical (unpaired) electrons. The van der Waals surface area contributed by atoms with Crippen LogP contribution in [0.15, 0.2) is 41.8 Å². The van der Waals surface area contributed by atoms with Gasteiger partial charge in [0.1, 0.15) is 5.75 Å². The van der Waals surface area contributed by atoms with Crippen LogP contribution in [-0.2, 0) is 0 Å². The fourth-order valence-electron chi connectivity index (χ4n) is 1.52. The lowest BCUT2D eigenvalue weighted by Crippen LogP contribution is -2.10. The van der Waals surface area contributed by atoms with E-state index in [1.807, 2.05) is 17.5 Å². The first-order chi connectivity index (χ1) is 8.16. The SMILES string of the molecule is Cl.N[C@H](c1cccc(OC(F)F)c1)c1cccs1. The maximum Gasteiger partial charge on any atom is 0.387 e.